The minimum Gasteiger partial charge on any atom is -0.481 e. The maximum Gasteiger partial charge on any atom is 0.315 e. The molecule has 3 N–H and O–H groups in total. The maximum atomic E-state index is 11.4. The highest BCUT2D eigenvalue weighted by atomic mass is 79.9. The highest BCUT2D eigenvalue weighted by molar-refractivity contribution is 9.10. The standard InChI is InChI=1S/C13H17BrN2O3/c14-11-5-3-4-10(8-11)9-16-13(19)15-7-2-1-6-12(17)18/h3-5,8H,1-2,6-7,9H2,(H,17,18)(H2,15,16,19). The van der Waals surface area contributed by atoms with Crippen molar-refractivity contribution in [2.45, 2.75) is 25.8 Å². The van der Waals surface area contributed by atoms with Gasteiger partial charge in [0.15, 0.2) is 0 Å². The van der Waals surface area contributed by atoms with Crippen LogP contribution in [0.4, 0.5) is 4.79 Å². The number of unbranched alkanes of at least 4 members (excludes halogenated alkanes) is 1. The number of amides is 2. The van der Waals surface area contributed by atoms with E-state index < -0.39 is 5.97 Å². The zero-order valence-corrected chi connectivity index (χ0v) is 12.1. The summed E-state index contributed by atoms with van der Waals surface area (Å²) in [6.45, 7) is 0.942. The molecule has 0 unspecified atom stereocenters. The van der Waals surface area contributed by atoms with Crippen LogP contribution in [-0.2, 0) is 11.3 Å². The van der Waals surface area contributed by atoms with Crippen LogP contribution in [0.25, 0.3) is 0 Å². The van der Waals surface area contributed by atoms with Crippen LogP contribution in [0.15, 0.2) is 28.7 Å². The predicted octanol–water partition coefficient (Wildman–Crippen LogP) is 2.50. The number of carbonyl (C=O) groups excluding carboxylic acids is 1. The van der Waals surface area contributed by atoms with Crippen LogP contribution in [0.1, 0.15) is 24.8 Å². The summed E-state index contributed by atoms with van der Waals surface area (Å²) in [7, 11) is 0. The van der Waals surface area contributed by atoms with E-state index in [4.69, 9.17) is 5.11 Å². The molecule has 6 heteroatoms. The lowest BCUT2D eigenvalue weighted by molar-refractivity contribution is -0.137. The Hall–Kier alpha value is -1.56. The van der Waals surface area contributed by atoms with Gasteiger partial charge in [-0.05, 0) is 30.5 Å². The topological polar surface area (TPSA) is 78.4 Å². The summed E-state index contributed by atoms with van der Waals surface area (Å²) in [6.07, 6.45) is 1.37. The number of nitrogens with one attached hydrogen (secondary N) is 2. The number of carbonyl (C=O) groups is 2. The molecule has 0 aliphatic rings. The van der Waals surface area contributed by atoms with E-state index in [1.54, 1.807) is 0 Å². The molecule has 0 saturated carbocycles. The first-order valence-corrected chi connectivity index (χ1v) is 6.85. The van der Waals surface area contributed by atoms with Crippen molar-refractivity contribution >= 4 is 27.9 Å². The molecule has 0 aromatic heterocycles. The summed E-state index contributed by atoms with van der Waals surface area (Å²) in [5.74, 6) is -0.806. The summed E-state index contributed by atoms with van der Waals surface area (Å²) in [6, 6.07) is 7.46. The summed E-state index contributed by atoms with van der Waals surface area (Å²) < 4.78 is 0.973. The van der Waals surface area contributed by atoms with Crippen LogP contribution in [0.5, 0.6) is 0 Å². The van der Waals surface area contributed by atoms with E-state index in [1.807, 2.05) is 24.3 Å². The number of rotatable bonds is 7. The number of carboxylic acids is 1. The Morgan fingerprint density at radius 3 is 2.68 bits per heavy atom. The summed E-state index contributed by atoms with van der Waals surface area (Å²) in [4.78, 5) is 21.7. The van der Waals surface area contributed by atoms with Crippen molar-refractivity contribution in [3.63, 3.8) is 0 Å². The summed E-state index contributed by atoms with van der Waals surface area (Å²) in [5, 5.41) is 13.9. The second kappa shape index (κ2) is 8.53. The average Bonchev–Trinajstić information content (AvgIpc) is 2.35. The van der Waals surface area contributed by atoms with Gasteiger partial charge in [0, 0.05) is 24.0 Å². The van der Waals surface area contributed by atoms with Crippen LogP contribution in [-0.4, -0.2) is 23.7 Å². The molecule has 0 aliphatic heterocycles. The van der Waals surface area contributed by atoms with Gasteiger partial charge in [0.2, 0.25) is 0 Å². The third kappa shape index (κ3) is 7.46. The molecule has 1 aromatic carbocycles. The lowest BCUT2D eigenvalue weighted by Gasteiger charge is -2.07. The molecule has 0 spiro atoms. The fraction of sp³-hybridized carbons (Fsp3) is 0.385. The lowest BCUT2D eigenvalue weighted by atomic mass is 10.2. The van der Waals surface area contributed by atoms with E-state index in [-0.39, 0.29) is 12.5 Å². The number of benzene rings is 1. The Kier molecular flexibility index (Phi) is 6.95. The van der Waals surface area contributed by atoms with Crippen molar-refractivity contribution in [1.29, 1.82) is 0 Å². The van der Waals surface area contributed by atoms with Crippen molar-refractivity contribution in [1.82, 2.24) is 10.6 Å². The second-order valence-electron chi connectivity index (χ2n) is 4.09. The first kappa shape index (κ1) is 15.5. The van der Waals surface area contributed by atoms with Crippen LogP contribution in [0.3, 0.4) is 0 Å². The fourth-order valence-electron chi connectivity index (χ4n) is 1.49. The van der Waals surface area contributed by atoms with Gasteiger partial charge in [-0.1, -0.05) is 28.1 Å². The fourth-order valence-corrected chi connectivity index (χ4v) is 1.94. The smallest absolute Gasteiger partial charge is 0.315 e. The van der Waals surface area contributed by atoms with Crippen LogP contribution in [0, 0.1) is 0 Å². The van der Waals surface area contributed by atoms with Gasteiger partial charge in [-0.15, -0.1) is 0 Å². The molecular weight excluding hydrogens is 312 g/mol. The summed E-state index contributed by atoms with van der Waals surface area (Å²) >= 11 is 3.36. The highest BCUT2D eigenvalue weighted by Crippen LogP contribution is 2.11. The Morgan fingerprint density at radius 1 is 1.21 bits per heavy atom. The van der Waals surface area contributed by atoms with Crippen molar-refractivity contribution in [2.24, 2.45) is 0 Å². The van der Waals surface area contributed by atoms with Crippen molar-refractivity contribution in [2.75, 3.05) is 6.54 Å². The van der Waals surface area contributed by atoms with Gasteiger partial charge in [0.1, 0.15) is 0 Å². The molecule has 0 atom stereocenters. The number of hydrogen-bond acceptors (Lipinski definition) is 2. The Balaban J connectivity index is 2.13. The molecule has 104 valence electrons. The van der Waals surface area contributed by atoms with E-state index in [0.29, 0.717) is 25.9 Å². The molecule has 0 radical (unpaired) electrons. The van der Waals surface area contributed by atoms with Gasteiger partial charge >= 0.3 is 12.0 Å². The average molecular weight is 329 g/mol. The molecule has 19 heavy (non-hydrogen) atoms. The van der Waals surface area contributed by atoms with Gasteiger partial charge < -0.3 is 15.7 Å². The molecular formula is C13H17BrN2O3. The molecule has 1 rings (SSSR count). The third-order valence-electron chi connectivity index (χ3n) is 2.45. The quantitative estimate of drug-likeness (QED) is 0.673. The maximum absolute atomic E-state index is 11.4. The van der Waals surface area contributed by atoms with Gasteiger partial charge in [-0.3, -0.25) is 4.79 Å². The zero-order chi connectivity index (χ0) is 14.1. The normalized spacial score (nSPS) is 9.95. The first-order valence-electron chi connectivity index (χ1n) is 6.06. The van der Waals surface area contributed by atoms with E-state index in [9.17, 15) is 9.59 Å². The molecule has 0 saturated heterocycles. The van der Waals surface area contributed by atoms with Gasteiger partial charge in [-0.25, -0.2) is 4.79 Å². The second-order valence-corrected chi connectivity index (χ2v) is 5.01. The molecule has 2 amide bonds. The molecule has 0 bridgehead atoms. The van der Waals surface area contributed by atoms with E-state index >= 15 is 0 Å². The largest absolute Gasteiger partial charge is 0.481 e. The molecule has 1 aromatic rings. The summed E-state index contributed by atoms with van der Waals surface area (Å²) in [5.41, 5.74) is 1.01. The predicted molar refractivity (Wildman–Crippen MR) is 75.9 cm³/mol. The molecule has 5 nitrogen and oxygen atoms in total. The molecule has 0 heterocycles. The first-order chi connectivity index (χ1) is 9.08. The van der Waals surface area contributed by atoms with Crippen molar-refractivity contribution < 1.29 is 14.7 Å². The number of halogens is 1. The Morgan fingerprint density at radius 2 is 2.00 bits per heavy atom. The third-order valence-corrected chi connectivity index (χ3v) is 2.94. The van der Waals surface area contributed by atoms with Crippen LogP contribution < -0.4 is 10.6 Å². The minimum atomic E-state index is -0.806. The van der Waals surface area contributed by atoms with Gasteiger partial charge in [-0.2, -0.15) is 0 Å². The van der Waals surface area contributed by atoms with E-state index in [1.165, 1.54) is 0 Å². The van der Waals surface area contributed by atoms with E-state index in [0.717, 1.165) is 10.0 Å². The monoisotopic (exact) mass is 328 g/mol. The number of aliphatic carboxylic acids is 1. The van der Waals surface area contributed by atoms with Crippen molar-refractivity contribution in [3.05, 3.63) is 34.3 Å². The molecule has 0 fully saturated rings. The number of carboxylic acid groups (broad SMARTS) is 1. The minimum absolute atomic E-state index is 0.140. The zero-order valence-electron chi connectivity index (χ0n) is 10.5. The van der Waals surface area contributed by atoms with E-state index in [2.05, 4.69) is 26.6 Å². The van der Waals surface area contributed by atoms with Gasteiger partial charge in [0.05, 0.1) is 0 Å². The Labute approximate surface area is 120 Å². The van der Waals surface area contributed by atoms with Crippen LogP contribution in [0.2, 0.25) is 0 Å². The van der Waals surface area contributed by atoms with Gasteiger partial charge in [0.25, 0.3) is 0 Å². The highest BCUT2D eigenvalue weighted by Gasteiger charge is 2.01. The van der Waals surface area contributed by atoms with Crippen molar-refractivity contribution in [3.8, 4) is 0 Å². The Bertz CT molecular complexity index is 438. The lowest BCUT2D eigenvalue weighted by Crippen LogP contribution is -2.35. The van der Waals surface area contributed by atoms with Crippen LogP contribution >= 0.6 is 15.9 Å². The SMILES string of the molecule is O=C(O)CCCCNC(=O)NCc1cccc(Br)c1. The molecule has 0 aliphatic carbocycles. The number of urea groups is 1. The number of hydrogen-bond donors (Lipinski definition) is 3.